The molecule has 1 aromatic carbocycles. The van der Waals surface area contributed by atoms with Crippen molar-refractivity contribution in [2.75, 3.05) is 29.7 Å². The van der Waals surface area contributed by atoms with Crippen LogP contribution in [-0.2, 0) is 14.8 Å². The molecule has 0 radical (unpaired) electrons. The number of nitrogens with zero attached hydrogens (tertiary/aromatic N) is 2. The minimum atomic E-state index is -3.66. The molecule has 0 saturated carbocycles. The molecule has 1 saturated heterocycles. The average Bonchev–Trinajstić information content (AvgIpc) is 3.32. The Bertz CT molecular complexity index is 969. The lowest BCUT2D eigenvalue weighted by molar-refractivity contribution is -0.116. The van der Waals surface area contributed by atoms with Crippen molar-refractivity contribution < 1.29 is 18.0 Å². The molecular weight excluding hydrogens is 410 g/mol. The van der Waals surface area contributed by atoms with Crippen LogP contribution in [0.5, 0.6) is 0 Å². The molecule has 9 heteroatoms. The molecule has 29 heavy (non-hydrogen) atoms. The van der Waals surface area contributed by atoms with Crippen LogP contribution in [0, 0.1) is 0 Å². The van der Waals surface area contributed by atoms with Crippen molar-refractivity contribution in [1.82, 2.24) is 10.2 Å². The van der Waals surface area contributed by atoms with Crippen LogP contribution in [0.2, 0.25) is 0 Å². The fraction of sp³-hybridized carbons (Fsp3) is 0.400. The lowest BCUT2D eigenvalue weighted by Gasteiger charge is -2.29. The number of hydrogen-bond donors (Lipinski definition) is 1. The van der Waals surface area contributed by atoms with E-state index in [0.29, 0.717) is 12.1 Å². The summed E-state index contributed by atoms with van der Waals surface area (Å²) in [6.07, 6.45) is -0.0366. The van der Waals surface area contributed by atoms with Crippen LogP contribution < -0.4 is 9.62 Å². The Balaban J connectivity index is 1.76. The van der Waals surface area contributed by atoms with E-state index in [0.717, 1.165) is 17.4 Å². The Labute approximate surface area is 175 Å². The van der Waals surface area contributed by atoms with Crippen LogP contribution in [-0.4, -0.2) is 50.5 Å². The van der Waals surface area contributed by atoms with Gasteiger partial charge >= 0.3 is 0 Å². The zero-order valence-electron chi connectivity index (χ0n) is 16.5. The first-order valence-electron chi connectivity index (χ1n) is 9.59. The fourth-order valence-corrected chi connectivity index (χ4v) is 5.80. The van der Waals surface area contributed by atoms with Gasteiger partial charge in [-0.2, -0.15) is 0 Å². The van der Waals surface area contributed by atoms with Crippen LogP contribution in [0.15, 0.2) is 41.8 Å². The minimum absolute atomic E-state index is 0.0366. The maximum absolute atomic E-state index is 12.7. The summed E-state index contributed by atoms with van der Waals surface area (Å²) < 4.78 is 25.1. The number of nitrogens with one attached hydrogen (secondary N) is 1. The molecule has 0 aliphatic carbocycles. The van der Waals surface area contributed by atoms with Gasteiger partial charge in [0.2, 0.25) is 15.9 Å². The predicted octanol–water partition coefficient (Wildman–Crippen LogP) is 2.63. The van der Waals surface area contributed by atoms with Gasteiger partial charge in [-0.15, -0.1) is 11.3 Å². The van der Waals surface area contributed by atoms with Crippen LogP contribution in [0.4, 0.5) is 5.69 Å². The van der Waals surface area contributed by atoms with Crippen LogP contribution in [0.3, 0.4) is 0 Å². The molecule has 2 heterocycles. The third-order valence-corrected chi connectivity index (χ3v) is 7.67. The SMILES string of the molecule is CCN(CC)C(CNC(=O)c1cccc(N2C(=O)CCS2(=O)=O)c1)c1cccs1. The second-order valence-electron chi connectivity index (χ2n) is 6.74. The number of hydrogen-bond acceptors (Lipinski definition) is 6. The zero-order chi connectivity index (χ0) is 21.0. The number of carbonyl (C=O) groups excluding carboxylic acids is 2. The Kier molecular flexibility index (Phi) is 6.71. The molecule has 1 aliphatic rings. The van der Waals surface area contributed by atoms with E-state index in [1.54, 1.807) is 23.5 Å². The molecule has 7 nitrogen and oxygen atoms in total. The smallest absolute Gasteiger partial charge is 0.251 e. The van der Waals surface area contributed by atoms with Crippen LogP contribution in [0.1, 0.15) is 41.5 Å². The standard InChI is InChI=1S/C20H25N3O4S2/c1-3-22(4-2)17(18-9-6-11-28-18)14-21-20(25)15-7-5-8-16(13-15)23-19(24)10-12-29(23,26)27/h5-9,11,13,17H,3-4,10,12,14H2,1-2H3,(H,21,25). The van der Waals surface area contributed by atoms with Crippen LogP contribution in [0.25, 0.3) is 0 Å². The second kappa shape index (κ2) is 9.06. The van der Waals surface area contributed by atoms with Crippen molar-refractivity contribution in [2.24, 2.45) is 0 Å². The van der Waals surface area contributed by atoms with E-state index in [9.17, 15) is 18.0 Å². The summed E-state index contributed by atoms with van der Waals surface area (Å²) in [5, 5.41) is 4.98. The lowest BCUT2D eigenvalue weighted by Crippen LogP contribution is -2.37. The third kappa shape index (κ3) is 4.68. The minimum Gasteiger partial charge on any atom is -0.350 e. The van der Waals surface area contributed by atoms with Crippen LogP contribution >= 0.6 is 11.3 Å². The molecule has 156 valence electrons. The summed E-state index contributed by atoms with van der Waals surface area (Å²) in [5.74, 6) is -0.972. The highest BCUT2D eigenvalue weighted by atomic mass is 32.2. The van der Waals surface area contributed by atoms with Gasteiger partial charge in [0.15, 0.2) is 0 Å². The summed E-state index contributed by atoms with van der Waals surface area (Å²) in [4.78, 5) is 28.2. The molecule has 0 bridgehead atoms. The molecule has 1 atom stereocenters. The third-order valence-electron chi connectivity index (χ3n) is 5.00. The second-order valence-corrected chi connectivity index (χ2v) is 9.65. The van der Waals surface area contributed by atoms with Crippen molar-refractivity contribution in [3.63, 3.8) is 0 Å². The maximum Gasteiger partial charge on any atom is 0.251 e. The Morgan fingerprint density at radius 2 is 2.00 bits per heavy atom. The first kappa shape index (κ1) is 21.5. The lowest BCUT2D eigenvalue weighted by atomic mass is 10.1. The number of carbonyl (C=O) groups is 2. The fourth-order valence-electron chi connectivity index (χ4n) is 3.49. The van der Waals surface area contributed by atoms with Gasteiger partial charge in [-0.05, 0) is 42.7 Å². The normalized spacial score (nSPS) is 16.9. The van der Waals surface area contributed by atoms with Gasteiger partial charge < -0.3 is 5.32 Å². The van der Waals surface area contributed by atoms with Gasteiger partial charge in [-0.25, -0.2) is 12.7 Å². The number of amides is 2. The van der Waals surface area contributed by atoms with E-state index in [1.165, 1.54) is 17.0 Å². The van der Waals surface area contributed by atoms with Gasteiger partial charge in [0.1, 0.15) is 0 Å². The monoisotopic (exact) mass is 435 g/mol. The predicted molar refractivity (Wildman–Crippen MR) is 115 cm³/mol. The Morgan fingerprint density at radius 3 is 2.59 bits per heavy atom. The van der Waals surface area contributed by atoms with E-state index in [2.05, 4.69) is 30.1 Å². The first-order valence-corrected chi connectivity index (χ1v) is 12.1. The molecule has 2 aromatic rings. The number of anilines is 1. The zero-order valence-corrected chi connectivity index (χ0v) is 18.1. The average molecular weight is 436 g/mol. The topological polar surface area (TPSA) is 86.8 Å². The highest BCUT2D eigenvalue weighted by Crippen LogP contribution is 2.27. The number of likely N-dealkylation sites (N-methyl/N-ethyl adjacent to an activating group) is 1. The van der Waals surface area contributed by atoms with E-state index >= 15 is 0 Å². The molecular formula is C20H25N3O4S2. The summed E-state index contributed by atoms with van der Waals surface area (Å²) >= 11 is 1.65. The van der Waals surface area contributed by atoms with Crippen molar-refractivity contribution in [3.05, 3.63) is 52.2 Å². The van der Waals surface area contributed by atoms with Gasteiger partial charge in [0.05, 0.1) is 17.5 Å². The number of thiophene rings is 1. The molecule has 0 spiro atoms. The molecule has 1 fully saturated rings. The first-order chi connectivity index (χ1) is 13.9. The quantitative estimate of drug-likeness (QED) is 0.689. The Morgan fingerprint density at radius 1 is 1.24 bits per heavy atom. The molecule has 1 aromatic heterocycles. The van der Waals surface area contributed by atoms with Gasteiger partial charge in [-0.3, -0.25) is 14.5 Å². The van der Waals surface area contributed by atoms with E-state index < -0.39 is 15.9 Å². The molecule has 3 rings (SSSR count). The Hall–Kier alpha value is -2.23. The maximum atomic E-state index is 12.7. The van der Waals surface area contributed by atoms with Gasteiger partial charge in [0, 0.05) is 23.4 Å². The number of benzene rings is 1. The molecule has 1 unspecified atom stereocenters. The summed E-state index contributed by atoms with van der Waals surface area (Å²) in [5.41, 5.74) is 0.528. The van der Waals surface area contributed by atoms with Crippen molar-refractivity contribution in [2.45, 2.75) is 26.3 Å². The van der Waals surface area contributed by atoms with E-state index in [4.69, 9.17) is 0 Å². The number of rotatable bonds is 8. The van der Waals surface area contributed by atoms with E-state index in [-0.39, 0.29) is 29.8 Å². The van der Waals surface area contributed by atoms with Crippen molar-refractivity contribution in [3.8, 4) is 0 Å². The highest BCUT2D eigenvalue weighted by Gasteiger charge is 2.36. The molecule has 1 N–H and O–H groups in total. The summed E-state index contributed by atoms with van der Waals surface area (Å²) in [6, 6.07) is 10.3. The highest BCUT2D eigenvalue weighted by molar-refractivity contribution is 7.94. The number of sulfonamides is 1. The van der Waals surface area contributed by atoms with Crippen molar-refractivity contribution >= 4 is 38.9 Å². The summed E-state index contributed by atoms with van der Waals surface area (Å²) in [7, 11) is -3.66. The largest absolute Gasteiger partial charge is 0.350 e. The molecule has 1 aliphatic heterocycles. The van der Waals surface area contributed by atoms with Gasteiger partial charge in [-0.1, -0.05) is 26.0 Å². The summed E-state index contributed by atoms with van der Waals surface area (Å²) in [6.45, 7) is 6.33. The van der Waals surface area contributed by atoms with Gasteiger partial charge in [0.25, 0.3) is 5.91 Å². The van der Waals surface area contributed by atoms with Crippen molar-refractivity contribution in [1.29, 1.82) is 0 Å². The molecule has 2 amide bonds. The van der Waals surface area contributed by atoms with E-state index in [1.807, 2.05) is 11.4 Å².